The number of carbonyl (C=O) groups excluding carboxylic acids is 2. The molecule has 80 valence electrons. The van der Waals surface area contributed by atoms with E-state index in [1.54, 1.807) is 13.0 Å². The van der Waals surface area contributed by atoms with Crippen molar-refractivity contribution >= 4 is 18.1 Å². The fraction of sp³-hybridized carbons (Fsp3) is 0.200. The third-order valence-electron chi connectivity index (χ3n) is 1.71. The zero-order valence-corrected chi connectivity index (χ0v) is 8.19. The van der Waals surface area contributed by atoms with Gasteiger partial charge in [-0.25, -0.2) is 4.79 Å². The van der Waals surface area contributed by atoms with Gasteiger partial charge in [0.05, 0.1) is 17.9 Å². The number of nitrogens with one attached hydrogen (secondary N) is 1. The van der Waals surface area contributed by atoms with E-state index >= 15 is 0 Å². The van der Waals surface area contributed by atoms with Crippen molar-refractivity contribution in [2.24, 2.45) is 0 Å². The molecule has 0 aliphatic carbocycles. The van der Waals surface area contributed by atoms with Crippen LogP contribution in [0.3, 0.4) is 0 Å². The summed E-state index contributed by atoms with van der Waals surface area (Å²) in [6, 6.07) is 4.46. The molecule has 1 amide bonds. The Bertz CT molecular complexity index is 376. The second-order valence-corrected chi connectivity index (χ2v) is 2.71. The van der Waals surface area contributed by atoms with Crippen LogP contribution in [0.25, 0.3) is 0 Å². The van der Waals surface area contributed by atoms with E-state index in [1.807, 2.05) is 0 Å². The second kappa shape index (κ2) is 4.99. The molecule has 0 aliphatic heterocycles. The maximum Gasteiger partial charge on any atom is 0.411 e. The second-order valence-electron chi connectivity index (χ2n) is 2.71. The number of benzene rings is 1. The lowest BCUT2D eigenvalue weighted by atomic mass is 10.2. The molecule has 0 saturated carbocycles. The van der Waals surface area contributed by atoms with Gasteiger partial charge in [0, 0.05) is 0 Å². The first kappa shape index (κ1) is 11.0. The van der Waals surface area contributed by atoms with Gasteiger partial charge in [0.1, 0.15) is 5.75 Å². The van der Waals surface area contributed by atoms with Crippen molar-refractivity contribution in [1.29, 1.82) is 0 Å². The van der Waals surface area contributed by atoms with Crippen LogP contribution in [-0.2, 0) is 4.74 Å². The van der Waals surface area contributed by atoms with Gasteiger partial charge in [-0.05, 0) is 19.1 Å². The van der Waals surface area contributed by atoms with Crippen LogP contribution in [-0.4, -0.2) is 24.1 Å². The Kier molecular flexibility index (Phi) is 3.68. The number of anilines is 1. The normalized spacial score (nSPS) is 9.40. The minimum absolute atomic E-state index is 0.115. The molecule has 0 aromatic heterocycles. The number of ether oxygens (including phenoxy) is 1. The molecule has 0 radical (unpaired) electrons. The summed E-state index contributed by atoms with van der Waals surface area (Å²) in [5.41, 5.74) is 0.266. The molecule has 0 aliphatic rings. The highest BCUT2D eigenvalue weighted by molar-refractivity contribution is 5.91. The van der Waals surface area contributed by atoms with Crippen molar-refractivity contribution in [2.45, 2.75) is 6.92 Å². The summed E-state index contributed by atoms with van der Waals surface area (Å²) in [5.74, 6) is -0.263. The fourth-order valence-electron chi connectivity index (χ4n) is 1.03. The summed E-state index contributed by atoms with van der Waals surface area (Å²) in [5, 5.41) is 11.8. The van der Waals surface area contributed by atoms with Crippen molar-refractivity contribution in [2.75, 3.05) is 11.9 Å². The average Bonchev–Trinajstić information content (AvgIpc) is 2.21. The molecule has 0 saturated heterocycles. The average molecular weight is 209 g/mol. The molecule has 0 unspecified atom stereocenters. The van der Waals surface area contributed by atoms with Gasteiger partial charge < -0.3 is 9.84 Å². The monoisotopic (exact) mass is 209 g/mol. The first-order valence-electron chi connectivity index (χ1n) is 4.40. The number of phenolic OH excluding ortho intramolecular Hbond substituents is 1. The first-order valence-corrected chi connectivity index (χ1v) is 4.40. The topological polar surface area (TPSA) is 75.6 Å². The van der Waals surface area contributed by atoms with Gasteiger partial charge in [-0.2, -0.15) is 0 Å². The smallest absolute Gasteiger partial charge is 0.411 e. The number of phenols is 1. The van der Waals surface area contributed by atoms with Gasteiger partial charge in [-0.3, -0.25) is 10.1 Å². The van der Waals surface area contributed by atoms with Crippen LogP contribution < -0.4 is 5.32 Å². The molecular weight excluding hydrogens is 198 g/mol. The van der Waals surface area contributed by atoms with Crippen LogP contribution in [0, 0.1) is 0 Å². The third kappa shape index (κ3) is 2.70. The highest BCUT2D eigenvalue weighted by Gasteiger charge is 2.09. The lowest BCUT2D eigenvalue weighted by Crippen LogP contribution is -2.13. The first-order chi connectivity index (χ1) is 7.19. The molecule has 5 nitrogen and oxygen atoms in total. The van der Waals surface area contributed by atoms with Gasteiger partial charge in [0.2, 0.25) is 0 Å². The van der Waals surface area contributed by atoms with E-state index in [0.29, 0.717) is 6.29 Å². The van der Waals surface area contributed by atoms with Gasteiger partial charge >= 0.3 is 6.09 Å². The Morgan fingerprint density at radius 3 is 2.93 bits per heavy atom. The van der Waals surface area contributed by atoms with Crippen molar-refractivity contribution < 1.29 is 19.4 Å². The summed E-state index contributed by atoms with van der Waals surface area (Å²) in [6.45, 7) is 1.90. The zero-order valence-electron chi connectivity index (χ0n) is 8.19. The van der Waals surface area contributed by atoms with Gasteiger partial charge in [0.25, 0.3) is 0 Å². The molecule has 0 heterocycles. The lowest BCUT2D eigenvalue weighted by Gasteiger charge is -2.07. The summed E-state index contributed by atoms with van der Waals surface area (Å²) in [4.78, 5) is 21.5. The van der Waals surface area contributed by atoms with Crippen molar-refractivity contribution in [3.05, 3.63) is 23.8 Å². The van der Waals surface area contributed by atoms with E-state index in [2.05, 4.69) is 10.1 Å². The van der Waals surface area contributed by atoms with Crippen molar-refractivity contribution in [3.63, 3.8) is 0 Å². The van der Waals surface area contributed by atoms with E-state index in [9.17, 15) is 14.7 Å². The third-order valence-corrected chi connectivity index (χ3v) is 1.71. The highest BCUT2D eigenvalue weighted by Crippen LogP contribution is 2.25. The standard InChI is InChI=1S/C10H11NO4/c1-2-15-10(14)11-8-5-3-4-7(6-12)9(8)13/h3-6,13H,2H2,1H3,(H,11,14). The Morgan fingerprint density at radius 2 is 2.33 bits per heavy atom. The molecule has 0 bridgehead atoms. The lowest BCUT2D eigenvalue weighted by molar-refractivity contribution is 0.112. The Labute approximate surface area is 86.7 Å². The number of aromatic hydroxyl groups is 1. The number of para-hydroxylation sites is 1. The molecule has 0 spiro atoms. The maximum absolute atomic E-state index is 11.0. The van der Waals surface area contributed by atoms with Crippen molar-refractivity contribution in [1.82, 2.24) is 0 Å². The largest absolute Gasteiger partial charge is 0.505 e. The van der Waals surface area contributed by atoms with Crippen LogP contribution in [0.1, 0.15) is 17.3 Å². The zero-order chi connectivity index (χ0) is 11.3. The molecule has 15 heavy (non-hydrogen) atoms. The number of carbonyl (C=O) groups is 2. The van der Waals surface area contributed by atoms with Crippen LogP contribution in [0.4, 0.5) is 10.5 Å². The number of amides is 1. The molecule has 0 atom stereocenters. The molecule has 1 aromatic rings. The molecular formula is C10H11NO4. The number of hydrogen-bond donors (Lipinski definition) is 2. The van der Waals surface area contributed by atoms with Gasteiger partial charge in [0.15, 0.2) is 6.29 Å². The van der Waals surface area contributed by atoms with E-state index in [0.717, 1.165) is 0 Å². The minimum Gasteiger partial charge on any atom is -0.505 e. The summed E-state index contributed by atoms with van der Waals surface area (Å²) >= 11 is 0. The summed E-state index contributed by atoms with van der Waals surface area (Å²) in [7, 11) is 0. The van der Waals surface area contributed by atoms with E-state index in [4.69, 9.17) is 0 Å². The Morgan fingerprint density at radius 1 is 1.60 bits per heavy atom. The Balaban J connectivity index is 2.85. The van der Waals surface area contributed by atoms with Crippen molar-refractivity contribution in [3.8, 4) is 5.75 Å². The highest BCUT2D eigenvalue weighted by atomic mass is 16.5. The Hall–Kier alpha value is -2.04. The van der Waals surface area contributed by atoms with E-state index in [-0.39, 0.29) is 23.6 Å². The molecule has 5 heteroatoms. The maximum atomic E-state index is 11.0. The summed E-state index contributed by atoms with van der Waals surface area (Å²) in [6.07, 6.45) is -0.165. The van der Waals surface area contributed by atoms with Crippen LogP contribution in [0.2, 0.25) is 0 Å². The molecule has 1 aromatic carbocycles. The molecule has 1 rings (SSSR count). The van der Waals surface area contributed by atoms with Crippen LogP contribution >= 0.6 is 0 Å². The van der Waals surface area contributed by atoms with E-state index in [1.165, 1.54) is 12.1 Å². The number of rotatable bonds is 3. The molecule has 2 N–H and O–H groups in total. The predicted octanol–water partition coefficient (Wildman–Crippen LogP) is 1.77. The SMILES string of the molecule is CCOC(=O)Nc1cccc(C=O)c1O. The molecule has 0 fully saturated rings. The van der Waals surface area contributed by atoms with E-state index < -0.39 is 6.09 Å². The van der Waals surface area contributed by atoms with Crippen LogP contribution in [0.15, 0.2) is 18.2 Å². The van der Waals surface area contributed by atoms with Gasteiger partial charge in [-0.15, -0.1) is 0 Å². The number of hydrogen-bond acceptors (Lipinski definition) is 4. The van der Waals surface area contributed by atoms with Gasteiger partial charge in [-0.1, -0.05) is 6.07 Å². The minimum atomic E-state index is -0.671. The number of aldehydes is 1. The quantitative estimate of drug-likeness (QED) is 0.587. The predicted molar refractivity (Wildman–Crippen MR) is 54.1 cm³/mol. The van der Waals surface area contributed by atoms with Crippen LogP contribution in [0.5, 0.6) is 5.75 Å². The summed E-state index contributed by atoms with van der Waals surface area (Å²) < 4.78 is 4.62. The fourth-order valence-corrected chi connectivity index (χ4v) is 1.03.